The standard InChI is InChI=1S/C10H9F2NO4S2/c11-6-1-2-7(12)9(3-6)19(16,17)13-5-18-4-8(13)10(14)15/h1-3,8H,4-5H2,(H,14,15)/t8-/m0/s1. The van der Waals surface area contributed by atoms with Crippen molar-refractivity contribution in [2.24, 2.45) is 0 Å². The number of hydrogen-bond acceptors (Lipinski definition) is 4. The van der Waals surface area contributed by atoms with Crippen LogP contribution in [0.25, 0.3) is 0 Å². The third-order valence-corrected chi connectivity index (χ3v) is 5.65. The van der Waals surface area contributed by atoms with Gasteiger partial charge in [0.1, 0.15) is 22.6 Å². The molecule has 19 heavy (non-hydrogen) atoms. The Morgan fingerprint density at radius 3 is 2.74 bits per heavy atom. The molecule has 0 radical (unpaired) electrons. The number of nitrogens with zero attached hydrogens (tertiary/aromatic N) is 1. The van der Waals surface area contributed by atoms with Gasteiger partial charge in [0.05, 0.1) is 5.88 Å². The van der Waals surface area contributed by atoms with E-state index in [-0.39, 0.29) is 11.6 Å². The van der Waals surface area contributed by atoms with Crippen molar-refractivity contribution in [2.75, 3.05) is 11.6 Å². The Morgan fingerprint density at radius 1 is 1.42 bits per heavy atom. The molecule has 1 N–H and O–H groups in total. The first-order valence-corrected chi connectivity index (χ1v) is 7.71. The van der Waals surface area contributed by atoms with Crippen LogP contribution in [-0.2, 0) is 14.8 Å². The normalized spacial score (nSPS) is 20.6. The molecule has 1 aromatic rings. The van der Waals surface area contributed by atoms with Gasteiger partial charge in [0, 0.05) is 5.75 Å². The topological polar surface area (TPSA) is 74.7 Å². The highest BCUT2D eigenvalue weighted by Gasteiger charge is 2.41. The average molecular weight is 309 g/mol. The summed E-state index contributed by atoms with van der Waals surface area (Å²) in [6.45, 7) is 0. The van der Waals surface area contributed by atoms with E-state index in [0.29, 0.717) is 16.4 Å². The number of sulfonamides is 1. The third-order valence-electron chi connectivity index (χ3n) is 2.61. The second-order valence-corrected chi connectivity index (χ2v) is 6.68. The number of carbonyl (C=O) groups is 1. The van der Waals surface area contributed by atoms with Crippen LogP contribution in [0.15, 0.2) is 23.1 Å². The molecule has 2 rings (SSSR count). The zero-order valence-electron chi connectivity index (χ0n) is 9.42. The fourth-order valence-corrected chi connectivity index (χ4v) is 4.87. The summed E-state index contributed by atoms with van der Waals surface area (Å²) in [5.74, 6) is -3.35. The van der Waals surface area contributed by atoms with Crippen LogP contribution in [0.1, 0.15) is 0 Å². The minimum atomic E-state index is -4.37. The molecule has 0 spiro atoms. The number of benzene rings is 1. The number of aliphatic carboxylic acids is 1. The number of carboxylic acid groups (broad SMARTS) is 1. The Labute approximate surface area is 112 Å². The molecule has 5 nitrogen and oxygen atoms in total. The monoisotopic (exact) mass is 309 g/mol. The Morgan fingerprint density at radius 2 is 2.11 bits per heavy atom. The molecule has 0 unspecified atom stereocenters. The van der Waals surface area contributed by atoms with Crippen LogP contribution >= 0.6 is 11.8 Å². The number of carboxylic acids is 1. The molecular formula is C10H9F2NO4S2. The quantitative estimate of drug-likeness (QED) is 0.905. The van der Waals surface area contributed by atoms with Gasteiger partial charge >= 0.3 is 5.97 Å². The summed E-state index contributed by atoms with van der Waals surface area (Å²) < 4.78 is 51.6. The minimum absolute atomic E-state index is 0.0749. The molecule has 0 saturated carbocycles. The number of hydrogen-bond donors (Lipinski definition) is 1. The van der Waals surface area contributed by atoms with Gasteiger partial charge in [0.15, 0.2) is 0 Å². The molecule has 1 aromatic carbocycles. The van der Waals surface area contributed by atoms with Crippen LogP contribution in [-0.4, -0.2) is 41.5 Å². The van der Waals surface area contributed by atoms with Crippen molar-refractivity contribution in [1.82, 2.24) is 4.31 Å². The summed E-state index contributed by atoms with van der Waals surface area (Å²) in [5.41, 5.74) is 0. The van der Waals surface area contributed by atoms with Gasteiger partial charge < -0.3 is 5.11 Å². The SMILES string of the molecule is O=C(O)[C@@H]1CSCN1S(=O)(=O)c1cc(F)ccc1F. The lowest BCUT2D eigenvalue weighted by Crippen LogP contribution is -2.41. The van der Waals surface area contributed by atoms with Crippen molar-refractivity contribution < 1.29 is 27.1 Å². The predicted molar refractivity (Wildman–Crippen MR) is 64.1 cm³/mol. The molecule has 0 aromatic heterocycles. The van der Waals surface area contributed by atoms with E-state index < -0.39 is 38.6 Å². The highest BCUT2D eigenvalue weighted by Crippen LogP contribution is 2.29. The molecule has 1 heterocycles. The van der Waals surface area contributed by atoms with Gasteiger partial charge in [-0.3, -0.25) is 4.79 Å². The van der Waals surface area contributed by atoms with Gasteiger partial charge in [-0.05, 0) is 18.2 Å². The highest BCUT2D eigenvalue weighted by molar-refractivity contribution is 8.00. The third kappa shape index (κ3) is 2.58. The summed E-state index contributed by atoms with van der Waals surface area (Å²) in [7, 11) is -4.37. The van der Waals surface area contributed by atoms with Crippen molar-refractivity contribution in [3.05, 3.63) is 29.8 Å². The lowest BCUT2D eigenvalue weighted by Gasteiger charge is -2.20. The van der Waals surface area contributed by atoms with Crippen LogP contribution < -0.4 is 0 Å². The lowest BCUT2D eigenvalue weighted by atomic mass is 10.3. The fourth-order valence-electron chi connectivity index (χ4n) is 1.66. The van der Waals surface area contributed by atoms with Gasteiger partial charge in [0.25, 0.3) is 0 Å². The molecule has 0 aliphatic carbocycles. The first-order valence-electron chi connectivity index (χ1n) is 5.11. The molecule has 1 fully saturated rings. The van der Waals surface area contributed by atoms with Gasteiger partial charge in [-0.25, -0.2) is 17.2 Å². The average Bonchev–Trinajstić information content (AvgIpc) is 2.82. The van der Waals surface area contributed by atoms with E-state index in [0.717, 1.165) is 17.8 Å². The van der Waals surface area contributed by atoms with Gasteiger partial charge in [-0.1, -0.05) is 0 Å². The molecule has 104 valence electrons. The molecule has 1 saturated heterocycles. The number of rotatable bonds is 3. The Hall–Kier alpha value is -1.19. The maximum Gasteiger partial charge on any atom is 0.322 e. The smallest absolute Gasteiger partial charge is 0.322 e. The van der Waals surface area contributed by atoms with Crippen molar-refractivity contribution in [2.45, 2.75) is 10.9 Å². The van der Waals surface area contributed by atoms with E-state index >= 15 is 0 Å². The Balaban J connectivity index is 2.48. The van der Waals surface area contributed by atoms with Crippen LogP contribution in [0.4, 0.5) is 8.78 Å². The zero-order valence-corrected chi connectivity index (χ0v) is 11.0. The van der Waals surface area contributed by atoms with E-state index in [1.54, 1.807) is 0 Å². The first-order chi connectivity index (χ1) is 8.84. The number of halogens is 2. The largest absolute Gasteiger partial charge is 0.480 e. The molecule has 0 bridgehead atoms. The molecule has 9 heteroatoms. The van der Waals surface area contributed by atoms with Crippen LogP contribution in [0.5, 0.6) is 0 Å². The molecule has 1 aliphatic rings. The van der Waals surface area contributed by atoms with Crippen molar-refractivity contribution in [1.29, 1.82) is 0 Å². The summed E-state index contributed by atoms with van der Waals surface area (Å²) in [6, 6.07) is 0.771. The van der Waals surface area contributed by atoms with E-state index in [9.17, 15) is 22.0 Å². The lowest BCUT2D eigenvalue weighted by molar-refractivity contribution is -0.140. The van der Waals surface area contributed by atoms with Crippen molar-refractivity contribution in [3.8, 4) is 0 Å². The minimum Gasteiger partial charge on any atom is -0.480 e. The van der Waals surface area contributed by atoms with Gasteiger partial charge in [0.2, 0.25) is 10.0 Å². The Kier molecular flexibility index (Phi) is 3.79. The predicted octanol–water partition coefficient (Wildman–Crippen LogP) is 1.11. The molecule has 0 amide bonds. The molecular weight excluding hydrogens is 300 g/mol. The highest BCUT2D eigenvalue weighted by atomic mass is 32.2. The second kappa shape index (κ2) is 5.06. The maximum atomic E-state index is 13.5. The van der Waals surface area contributed by atoms with Crippen molar-refractivity contribution in [3.63, 3.8) is 0 Å². The summed E-state index contributed by atoms with van der Waals surface area (Å²) >= 11 is 1.10. The van der Waals surface area contributed by atoms with E-state index in [1.807, 2.05) is 0 Å². The number of thioether (sulfide) groups is 1. The van der Waals surface area contributed by atoms with E-state index in [2.05, 4.69) is 0 Å². The van der Waals surface area contributed by atoms with E-state index in [1.165, 1.54) is 0 Å². The zero-order chi connectivity index (χ0) is 14.2. The van der Waals surface area contributed by atoms with Gasteiger partial charge in [-0.15, -0.1) is 11.8 Å². The summed E-state index contributed by atoms with van der Waals surface area (Å²) in [4.78, 5) is 10.1. The summed E-state index contributed by atoms with van der Waals surface area (Å²) in [5, 5.41) is 8.93. The molecule has 1 aliphatic heterocycles. The first kappa shape index (κ1) is 14.2. The van der Waals surface area contributed by atoms with Crippen LogP contribution in [0, 0.1) is 11.6 Å². The molecule has 1 atom stereocenters. The Bertz CT molecular complexity index is 620. The van der Waals surface area contributed by atoms with Crippen LogP contribution in [0.3, 0.4) is 0 Å². The second-order valence-electron chi connectivity index (χ2n) is 3.82. The fraction of sp³-hybridized carbons (Fsp3) is 0.300. The summed E-state index contributed by atoms with van der Waals surface area (Å²) in [6.07, 6.45) is 0. The van der Waals surface area contributed by atoms with Gasteiger partial charge in [-0.2, -0.15) is 4.31 Å². The van der Waals surface area contributed by atoms with E-state index in [4.69, 9.17) is 5.11 Å². The maximum absolute atomic E-state index is 13.5. The van der Waals surface area contributed by atoms with Crippen molar-refractivity contribution >= 4 is 27.8 Å². The van der Waals surface area contributed by atoms with Crippen LogP contribution in [0.2, 0.25) is 0 Å².